The number of ether oxygens (including phenoxy) is 6. The van der Waals surface area contributed by atoms with E-state index < -0.39 is 0 Å². The van der Waals surface area contributed by atoms with Crippen LogP contribution in [0.1, 0.15) is 32.2 Å². The first-order chi connectivity index (χ1) is 22.5. The number of rotatable bonds is 11. The molecule has 7 rings (SSSR count). The van der Waals surface area contributed by atoms with Gasteiger partial charge in [-0.2, -0.15) is 0 Å². The van der Waals surface area contributed by atoms with Crippen LogP contribution < -0.4 is 28.4 Å². The maximum atomic E-state index is 13.5. The Morgan fingerprint density at radius 2 is 1.50 bits per heavy atom. The number of carbonyl (C=O) groups excluding carboxylic acids is 1. The second kappa shape index (κ2) is 13.5. The third-order valence-corrected chi connectivity index (χ3v) is 9.20. The highest BCUT2D eigenvalue weighted by Crippen LogP contribution is 2.35. The highest BCUT2D eigenvalue weighted by molar-refractivity contribution is 7.09. The van der Waals surface area contributed by atoms with Crippen LogP contribution in [0, 0.1) is 0 Å². The molecule has 1 aromatic heterocycles. The molecule has 240 valence electrons. The monoisotopic (exact) mass is 644 g/mol. The Morgan fingerprint density at radius 3 is 2.22 bits per heavy atom. The molecule has 0 N–H and O–H groups in total. The average Bonchev–Trinajstić information content (AvgIpc) is 3.86. The van der Waals surface area contributed by atoms with Gasteiger partial charge in [-0.05, 0) is 41.5 Å². The fourth-order valence-corrected chi connectivity index (χ4v) is 6.74. The SMILES string of the molecule is COc1ccc(CN(Cc2ccc3c(c2)OCO3)Cc2nc(C(=O)N3CCN(Cc4ccc5c(c4)OCO5)CC3)cs2)c(OC)c1. The Balaban J connectivity index is 1.01. The predicted octanol–water partition coefficient (Wildman–Crippen LogP) is 4.78. The smallest absolute Gasteiger partial charge is 0.273 e. The first-order valence-corrected chi connectivity index (χ1v) is 16.1. The molecule has 4 heterocycles. The molecule has 1 saturated heterocycles. The van der Waals surface area contributed by atoms with Gasteiger partial charge in [0.05, 0.1) is 20.8 Å². The summed E-state index contributed by atoms with van der Waals surface area (Å²) in [5.74, 6) is 4.55. The molecule has 0 atom stereocenters. The Morgan fingerprint density at radius 1 is 0.804 bits per heavy atom. The van der Waals surface area contributed by atoms with Crippen molar-refractivity contribution in [1.29, 1.82) is 0 Å². The van der Waals surface area contributed by atoms with Crippen LogP contribution in [-0.2, 0) is 26.2 Å². The van der Waals surface area contributed by atoms with E-state index in [0.29, 0.717) is 38.4 Å². The Kier molecular flexibility index (Phi) is 8.82. The van der Waals surface area contributed by atoms with Crippen molar-refractivity contribution < 1.29 is 33.2 Å². The molecule has 4 aromatic rings. The molecule has 3 aromatic carbocycles. The number of methoxy groups -OCH3 is 2. The van der Waals surface area contributed by atoms with Gasteiger partial charge in [0.2, 0.25) is 13.6 Å². The summed E-state index contributed by atoms with van der Waals surface area (Å²) in [7, 11) is 3.30. The van der Waals surface area contributed by atoms with Gasteiger partial charge < -0.3 is 33.3 Å². The molecule has 11 nitrogen and oxygen atoms in total. The van der Waals surface area contributed by atoms with Gasteiger partial charge in [-0.15, -0.1) is 11.3 Å². The molecule has 0 aliphatic carbocycles. The number of amides is 1. The van der Waals surface area contributed by atoms with E-state index in [1.807, 2.05) is 52.7 Å². The molecular formula is C34H36N4O7S. The Labute approximate surface area is 271 Å². The number of fused-ring (bicyclic) bond motifs is 2. The van der Waals surface area contributed by atoms with E-state index in [1.54, 1.807) is 14.2 Å². The summed E-state index contributed by atoms with van der Waals surface area (Å²) in [6.07, 6.45) is 0. The van der Waals surface area contributed by atoms with E-state index >= 15 is 0 Å². The van der Waals surface area contributed by atoms with Crippen LogP contribution >= 0.6 is 11.3 Å². The molecule has 3 aliphatic rings. The molecular weight excluding hydrogens is 608 g/mol. The van der Waals surface area contributed by atoms with E-state index in [2.05, 4.69) is 21.9 Å². The van der Waals surface area contributed by atoms with Crippen LogP contribution in [0.15, 0.2) is 60.0 Å². The molecule has 0 unspecified atom stereocenters. The minimum absolute atomic E-state index is 0.0237. The fourth-order valence-electron chi connectivity index (χ4n) is 5.93. The van der Waals surface area contributed by atoms with Crippen LogP contribution in [0.2, 0.25) is 0 Å². The highest BCUT2D eigenvalue weighted by atomic mass is 32.1. The van der Waals surface area contributed by atoms with E-state index in [4.69, 9.17) is 33.4 Å². The lowest BCUT2D eigenvalue weighted by Gasteiger charge is -2.34. The van der Waals surface area contributed by atoms with Crippen molar-refractivity contribution in [2.75, 3.05) is 54.0 Å². The van der Waals surface area contributed by atoms with Crippen molar-refractivity contribution >= 4 is 17.2 Å². The Bertz CT molecular complexity index is 1700. The largest absolute Gasteiger partial charge is 0.497 e. The van der Waals surface area contributed by atoms with Crippen molar-refractivity contribution in [3.8, 4) is 34.5 Å². The van der Waals surface area contributed by atoms with Crippen LogP contribution in [0.5, 0.6) is 34.5 Å². The zero-order valence-electron chi connectivity index (χ0n) is 25.9. The number of nitrogens with zero attached hydrogens (tertiary/aromatic N) is 4. The number of aromatic nitrogens is 1. The first-order valence-electron chi connectivity index (χ1n) is 15.2. The quantitative estimate of drug-likeness (QED) is 0.227. The lowest BCUT2D eigenvalue weighted by Crippen LogP contribution is -2.48. The number of carbonyl (C=O) groups is 1. The number of hydrogen-bond donors (Lipinski definition) is 0. The maximum Gasteiger partial charge on any atom is 0.273 e. The molecule has 0 radical (unpaired) electrons. The summed E-state index contributed by atoms with van der Waals surface area (Å²) in [4.78, 5) is 24.8. The minimum atomic E-state index is -0.0237. The summed E-state index contributed by atoms with van der Waals surface area (Å²) in [6, 6.07) is 17.9. The van der Waals surface area contributed by atoms with Crippen molar-refractivity contribution in [1.82, 2.24) is 19.7 Å². The molecule has 1 amide bonds. The molecule has 1 fully saturated rings. The van der Waals surface area contributed by atoms with Crippen LogP contribution in [-0.4, -0.2) is 79.6 Å². The average molecular weight is 645 g/mol. The van der Waals surface area contributed by atoms with E-state index in [0.717, 1.165) is 70.3 Å². The molecule has 3 aliphatic heterocycles. The Hall–Kier alpha value is -4.52. The normalized spacial score (nSPS) is 15.4. The number of hydrogen-bond acceptors (Lipinski definition) is 11. The molecule has 46 heavy (non-hydrogen) atoms. The molecule has 0 spiro atoms. The van der Waals surface area contributed by atoms with Crippen LogP contribution in [0.3, 0.4) is 0 Å². The lowest BCUT2D eigenvalue weighted by atomic mass is 10.1. The van der Waals surface area contributed by atoms with E-state index in [9.17, 15) is 4.79 Å². The zero-order valence-corrected chi connectivity index (χ0v) is 26.7. The topological polar surface area (TPSA) is 95.1 Å². The number of thiazole rings is 1. The van der Waals surface area contributed by atoms with Gasteiger partial charge in [0.25, 0.3) is 5.91 Å². The van der Waals surface area contributed by atoms with Crippen molar-refractivity contribution in [2.45, 2.75) is 26.2 Å². The molecule has 12 heteroatoms. The number of benzene rings is 3. The standard InChI is InChI=1S/C34H36N4O7S/c1-40-26-6-5-25(30(15-26)41-2)18-37(17-24-4-8-29-32(14-24)45-22-43-29)19-33-35-27(20-46-33)34(39)38-11-9-36(10-12-38)16-23-3-7-28-31(13-23)44-21-42-28/h3-8,13-15,20H,9-12,16-19,21-22H2,1-2H3. The van der Waals surface area contributed by atoms with Gasteiger partial charge in [-0.3, -0.25) is 14.6 Å². The van der Waals surface area contributed by atoms with Crippen molar-refractivity contribution in [2.24, 2.45) is 0 Å². The van der Waals surface area contributed by atoms with Gasteiger partial charge >= 0.3 is 0 Å². The van der Waals surface area contributed by atoms with Crippen LogP contribution in [0.4, 0.5) is 0 Å². The van der Waals surface area contributed by atoms with Gasteiger partial charge in [0.1, 0.15) is 22.2 Å². The lowest BCUT2D eigenvalue weighted by molar-refractivity contribution is 0.0623. The third kappa shape index (κ3) is 6.69. The van der Waals surface area contributed by atoms with Gasteiger partial charge in [-0.25, -0.2) is 4.98 Å². The third-order valence-electron chi connectivity index (χ3n) is 8.36. The predicted molar refractivity (Wildman–Crippen MR) is 171 cm³/mol. The van der Waals surface area contributed by atoms with Crippen molar-refractivity contribution in [3.05, 3.63) is 87.4 Å². The van der Waals surface area contributed by atoms with Crippen LogP contribution in [0.25, 0.3) is 0 Å². The summed E-state index contributed by atoms with van der Waals surface area (Å²) in [6.45, 7) is 6.02. The zero-order chi connectivity index (χ0) is 31.5. The summed E-state index contributed by atoms with van der Waals surface area (Å²) in [5.41, 5.74) is 3.78. The first kappa shape index (κ1) is 30.2. The fraction of sp³-hybridized carbons (Fsp3) is 0.353. The van der Waals surface area contributed by atoms with Gasteiger partial charge in [-0.1, -0.05) is 18.2 Å². The van der Waals surface area contributed by atoms with E-state index in [-0.39, 0.29) is 19.5 Å². The van der Waals surface area contributed by atoms with E-state index in [1.165, 1.54) is 16.9 Å². The molecule has 0 bridgehead atoms. The second-order valence-electron chi connectivity index (χ2n) is 11.4. The van der Waals surface area contributed by atoms with Gasteiger partial charge in [0, 0.05) is 62.8 Å². The summed E-state index contributed by atoms with van der Waals surface area (Å²) in [5, 5.41) is 2.75. The maximum absolute atomic E-state index is 13.5. The minimum Gasteiger partial charge on any atom is -0.497 e. The second-order valence-corrected chi connectivity index (χ2v) is 12.3. The molecule has 0 saturated carbocycles. The highest BCUT2D eigenvalue weighted by Gasteiger charge is 2.25. The number of piperazine rings is 1. The summed E-state index contributed by atoms with van der Waals surface area (Å²) < 4.78 is 33.2. The van der Waals surface area contributed by atoms with Crippen molar-refractivity contribution in [3.63, 3.8) is 0 Å². The summed E-state index contributed by atoms with van der Waals surface area (Å²) >= 11 is 1.51. The van der Waals surface area contributed by atoms with Gasteiger partial charge in [0.15, 0.2) is 23.0 Å².